The third-order valence-corrected chi connectivity index (χ3v) is 6.75. The lowest BCUT2D eigenvalue weighted by Crippen LogP contribution is -2.56. The standard InChI is InChI=1S/C22H31FN4O2/c1-3-26-9-10-27(13-20(26)28)16-6-4-5-15(11-16)24-22(29)19-12-17-18(23)8-7-14(2)21(17)25-19/h7-8,15-16,19,25H,3-6,9-13H2,1-2H3,(H,24,29)/t15-,16?,19?/m1/s1. The molecule has 3 aliphatic rings. The fourth-order valence-corrected chi connectivity index (χ4v) is 5.03. The van der Waals surface area contributed by atoms with E-state index in [2.05, 4.69) is 15.5 Å². The highest BCUT2D eigenvalue weighted by Crippen LogP contribution is 2.32. The van der Waals surface area contributed by atoms with Crippen molar-refractivity contribution in [3.8, 4) is 0 Å². The van der Waals surface area contributed by atoms with Crippen LogP contribution in [0.4, 0.5) is 10.1 Å². The molecule has 0 aromatic heterocycles. The molecule has 0 bridgehead atoms. The lowest BCUT2D eigenvalue weighted by Gasteiger charge is -2.42. The van der Waals surface area contributed by atoms with E-state index in [1.807, 2.05) is 18.7 Å². The molecule has 2 unspecified atom stereocenters. The molecule has 1 aliphatic carbocycles. The minimum atomic E-state index is -0.421. The highest BCUT2D eigenvalue weighted by molar-refractivity contribution is 5.88. The summed E-state index contributed by atoms with van der Waals surface area (Å²) in [5.41, 5.74) is 2.34. The second kappa shape index (κ2) is 8.30. The molecule has 29 heavy (non-hydrogen) atoms. The zero-order valence-electron chi connectivity index (χ0n) is 17.3. The number of carbonyl (C=O) groups is 2. The number of benzene rings is 1. The van der Waals surface area contributed by atoms with Crippen molar-refractivity contribution < 1.29 is 14.0 Å². The van der Waals surface area contributed by atoms with Gasteiger partial charge in [0.15, 0.2) is 0 Å². The number of hydrogen-bond donors (Lipinski definition) is 2. The first-order valence-corrected chi connectivity index (χ1v) is 10.8. The second-order valence-electron chi connectivity index (χ2n) is 8.59. The first-order valence-electron chi connectivity index (χ1n) is 10.8. The molecule has 7 heteroatoms. The normalized spacial score (nSPS) is 27.5. The first kappa shape index (κ1) is 20.1. The van der Waals surface area contributed by atoms with Gasteiger partial charge in [0.05, 0.1) is 6.54 Å². The van der Waals surface area contributed by atoms with Gasteiger partial charge in [-0.3, -0.25) is 14.5 Å². The molecule has 3 atom stereocenters. The molecule has 0 radical (unpaired) electrons. The Balaban J connectivity index is 1.33. The van der Waals surface area contributed by atoms with Gasteiger partial charge < -0.3 is 15.5 Å². The summed E-state index contributed by atoms with van der Waals surface area (Å²) in [6.07, 6.45) is 4.34. The topological polar surface area (TPSA) is 64.7 Å². The highest BCUT2D eigenvalue weighted by atomic mass is 19.1. The van der Waals surface area contributed by atoms with E-state index in [9.17, 15) is 14.0 Å². The van der Waals surface area contributed by atoms with Gasteiger partial charge in [0.25, 0.3) is 0 Å². The number of carbonyl (C=O) groups excluding carboxylic acids is 2. The minimum absolute atomic E-state index is 0.0578. The Kier molecular flexibility index (Phi) is 5.76. The van der Waals surface area contributed by atoms with Crippen molar-refractivity contribution in [3.63, 3.8) is 0 Å². The van der Waals surface area contributed by atoms with Crippen LogP contribution >= 0.6 is 0 Å². The molecular formula is C22H31FN4O2. The molecule has 2 aliphatic heterocycles. The van der Waals surface area contributed by atoms with Crippen LogP contribution in [0.1, 0.15) is 43.7 Å². The Morgan fingerprint density at radius 2 is 2.14 bits per heavy atom. The predicted molar refractivity (Wildman–Crippen MR) is 110 cm³/mol. The molecule has 4 rings (SSSR count). The Labute approximate surface area is 171 Å². The average Bonchev–Trinajstić information content (AvgIpc) is 3.18. The van der Waals surface area contributed by atoms with Gasteiger partial charge in [-0.05, 0) is 51.2 Å². The van der Waals surface area contributed by atoms with E-state index in [4.69, 9.17) is 0 Å². The van der Waals surface area contributed by atoms with Crippen LogP contribution in [0.2, 0.25) is 0 Å². The second-order valence-corrected chi connectivity index (χ2v) is 8.59. The molecule has 0 spiro atoms. The van der Waals surface area contributed by atoms with Gasteiger partial charge in [0, 0.05) is 49.4 Å². The molecule has 2 N–H and O–H groups in total. The summed E-state index contributed by atoms with van der Waals surface area (Å²) in [7, 11) is 0. The fourth-order valence-electron chi connectivity index (χ4n) is 5.03. The van der Waals surface area contributed by atoms with Crippen molar-refractivity contribution in [2.75, 3.05) is 31.5 Å². The average molecular weight is 403 g/mol. The predicted octanol–water partition coefficient (Wildman–Crippen LogP) is 2.06. The van der Waals surface area contributed by atoms with Crippen LogP contribution in [-0.4, -0.2) is 65.9 Å². The summed E-state index contributed by atoms with van der Waals surface area (Å²) in [5, 5.41) is 6.40. The molecule has 2 amide bonds. The summed E-state index contributed by atoms with van der Waals surface area (Å²) in [6.45, 7) is 6.89. The highest BCUT2D eigenvalue weighted by Gasteiger charge is 2.35. The SMILES string of the molecule is CCN1CCN(C2CCC[C@@H](NC(=O)C3Cc4c(F)ccc(C)c4N3)C2)CC1=O. The van der Waals surface area contributed by atoms with Crippen molar-refractivity contribution in [1.82, 2.24) is 15.1 Å². The number of anilines is 1. The number of aryl methyl sites for hydroxylation is 1. The number of fused-ring (bicyclic) bond motifs is 1. The summed E-state index contributed by atoms with van der Waals surface area (Å²) in [4.78, 5) is 29.3. The van der Waals surface area contributed by atoms with Crippen LogP contribution in [0.3, 0.4) is 0 Å². The number of likely N-dealkylation sites (N-methyl/N-ethyl adjacent to an activating group) is 1. The summed E-state index contributed by atoms with van der Waals surface area (Å²) in [6, 6.07) is 3.24. The van der Waals surface area contributed by atoms with Crippen LogP contribution in [0.25, 0.3) is 0 Å². The van der Waals surface area contributed by atoms with Crippen molar-refractivity contribution in [3.05, 3.63) is 29.1 Å². The van der Waals surface area contributed by atoms with Crippen LogP contribution < -0.4 is 10.6 Å². The van der Waals surface area contributed by atoms with Crippen LogP contribution in [0, 0.1) is 12.7 Å². The molecule has 6 nitrogen and oxygen atoms in total. The van der Waals surface area contributed by atoms with E-state index < -0.39 is 6.04 Å². The number of hydrogen-bond acceptors (Lipinski definition) is 4. The van der Waals surface area contributed by atoms with Gasteiger partial charge in [-0.2, -0.15) is 0 Å². The number of piperazine rings is 1. The Morgan fingerprint density at radius 3 is 2.86 bits per heavy atom. The number of nitrogens with one attached hydrogen (secondary N) is 2. The van der Waals surface area contributed by atoms with E-state index in [1.165, 1.54) is 6.07 Å². The van der Waals surface area contributed by atoms with Gasteiger partial charge in [-0.25, -0.2) is 4.39 Å². The molecule has 1 saturated heterocycles. The zero-order valence-corrected chi connectivity index (χ0v) is 17.3. The smallest absolute Gasteiger partial charge is 0.243 e. The Morgan fingerprint density at radius 1 is 1.31 bits per heavy atom. The third-order valence-electron chi connectivity index (χ3n) is 6.75. The number of rotatable bonds is 4. The molecule has 158 valence electrons. The maximum absolute atomic E-state index is 14.1. The van der Waals surface area contributed by atoms with Crippen molar-refractivity contribution in [2.24, 2.45) is 0 Å². The third kappa shape index (κ3) is 4.10. The van der Waals surface area contributed by atoms with Gasteiger partial charge in [0.2, 0.25) is 11.8 Å². The Hall–Kier alpha value is -2.15. The van der Waals surface area contributed by atoms with E-state index in [-0.39, 0.29) is 23.7 Å². The van der Waals surface area contributed by atoms with Gasteiger partial charge in [-0.1, -0.05) is 6.07 Å². The largest absolute Gasteiger partial charge is 0.373 e. The fraction of sp³-hybridized carbons (Fsp3) is 0.636. The summed E-state index contributed by atoms with van der Waals surface area (Å²) >= 11 is 0. The number of nitrogens with zero attached hydrogens (tertiary/aromatic N) is 2. The maximum atomic E-state index is 14.1. The molecule has 1 saturated carbocycles. The quantitative estimate of drug-likeness (QED) is 0.809. The summed E-state index contributed by atoms with van der Waals surface area (Å²) in [5.74, 6) is -0.102. The van der Waals surface area contributed by atoms with Gasteiger partial charge in [-0.15, -0.1) is 0 Å². The molecule has 2 heterocycles. The van der Waals surface area contributed by atoms with E-state index in [0.717, 1.165) is 56.6 Å². The van der Waals surface area contributed by atoms with E-state index in [0.29, 0.717) is 24.6 Å². The maximum Gasteiger partial charge on any atom is 0.243 e. The van der Waals surface area contributed by atoms with Crippen molar-refractivity contribution in [1.29, 1.82) is 0 Å². The Bertz CT molecular complexity index is 768. The van der Waals surface area contributed by atoms with Crippen molar-refractivity contribution in [2.45, 2.75) is 64.1 Å². The van der Waals surface area contributed by atoms with Crippen LogP contribution in [-0.2, 0) is 16.0 Å². The van der Waals surface area contributed by atoms with Crippen LogP contribution in [0.5, 0.6) is 0 Å². The first-order chi connectivity index (χ1) is 14.0. The van der Waals surface area contributed by atoms with E-state index >= 15 is 0 Å². The van der Waals surface area contributed by atoms with Crippen molar-refractivity contribution >= 4 is 17.5 Å². The monoisotopic (exact) mass is 402 g/mol. The van der Waals surface area contributed by atoms with Gasteiger partial charge in [0.1, 0.15) is 11.9 Å². The minimum Gasteiger partial charge on any atom is -0.373 e. The lowest BCUT2D eigenvalue weighted by molar-refractivity contribution is -0.137. The van der Waals surface area contributed by atoms with Gasteiger partial charge >= 0.3 is 0 Å². The number of halogens is 1. The molecule has 1 aromatic carbocycles. The lowest BCUT2D eigenvalue weighted by atomic mass is 9.89. The van der Waals surface area contributed by atoms with Crippen LogP contribution in [0.15, 0.2) is 12.1 Å². The number of amides is 2. The zero-order chi connectivity index (χ0) is 20.5. The summed E-state index contributed by atoms with van der Waals surface area (Å²) < 4.78 is 14.1. The molecule has 2 fully saturated rings. The molecular weight excluding hydrogens is 371 g/mol. The molecule has 1 aromatic rings. The van der Waals surface area contributed by atoms with E-state index in [1.54, 1.807) is 6.07 Å².